The minimum Gasteiger partial charge on any atom is -0.474 e. The highest BCUT2D eigenvalue weighted by molar-refractivity contribution is 6.04. The maximum absolute atomic E-state index is 13.9. The molecule has 0 saturated carbocycles. The fourth-order valence-electron chi connectivity index (χ4n) is 4.30. The van der Waals surface area contributed by atoms with Crippen molar-refractivity contribution in [2.24, 2.45) is 5.73 Å². The highest BCUT2D eigenvalue weighted by Crippen LogP contribution is 2.37. The number of ether oxygens (including phenoxy) is 3. The molecule has 2 unspecified atom stereocenters. The maximum Gasteiger partial charge on any atom is 0.409 e. The number of nitrogens with zero attached hydrogens (tertiary/aromatic N) is 4. The van der Waals surface area contributed by atoms with Gasteiger partial charge in [-0.3, -0.25) is 19.4 Å². The minimum absolute atomic E-state index is 0.0114. The zero-order valence-electron chi connectivity index (χ0n) is 21.6. The van der Waals surface area contributed by atoms with E-state index >= 15 is 0 Å². The molecule has 0 spiro atoms. The van der Waals surface area contributed by atoms with E-state index in [2.05, 4.69) is 4.98 Å². The summed E-state index contributed by atoms with van der Waals surface area (Å²) in [4.78, 5) is 58.4. The van der Waals surface area contributed by atoms with Crippen molar-refractivity contribution in [3.05, 3.63) is 35.5 Å². The van der Waals surface area contributed by atoms with Crippen molar-refractivity contribution in [1.29, 1.82) is 5.26 Å². The average molecular weight is 526 g/mol. The molecule has 2 heterocycles. The van der Waals surface area contributed by atoms with Crippen molar-refractivity contribution < 1.29 is 33.4 Å². The SMILES string of the molecule is CCOC(=O)N1CCN(C(=O)C(CCC(=O)OC)c2nc3ccccc3c(OC(C)C#N)c2C(N)=O)CC1. The molecular weight excluding hydrogens is 494 g/mol. The van der Waals surface area contributed by atoms with Crippen LogP contribution in [0.25, 0.3) is 10.9 Å². The van der Waals surface area contributed by atoms with Crippen LogP contribution >= 0.6 is 0 Å². The number of fused-ring (bicyclic) bond motifs is 1. The number of amides is 3. The fourth-order valence-corrected chi connectivity index (χ4v) is 4.30. The molecule has 202 valence electrons. The molecule has 38 heavy (non-hydrogen) atoms. The van der Waals surface area contributed by atoms with Crippen LogP contribution in [0, 0.1) is 11.3 Å². The summed E-state index contributed by atoms with van der Waals surface area (Å²) in [5, 5.41) is 9.80. The van der Waals surface area contributed by atoms with E-state index in [0.29, 0.717) is 10.9 Å². The van der Waals surface area contributed by atoms with Crippen molar-refractivity contribution in [3.8, 4) is 11.8 Å². The largest absolute Gasteiger partial charge is 0.474 e. The van der Waals surface area contributed by atoms with E-state index in [9.17, 15) is 24.4 Å². The zero-order valence-corrected chi connectivity index (χ0v) is 21.6. The van der Waals surface area contributed by atoms with Crippen LogP contribution in [0.1, 0.15) is 48.7 Å². The highest BCUT2D eigenvalue weighted by atomic mass is 16.6. The van der Waals surface area contributed by atoms with E-state index in [-0.39, 0.29) is 68.5 Å². The Balaban J connectivity index is 2.08. The van der Waals surface area contributed by atoms with E-state index < -0.39 is 30.0 Å². The van der Waals surface area contributed by atoms with Crippen molar-refractivity contribution in [2.45, 2.75) is 38.7 Å². The number of methoxy groups -OCH3 is 1. The summed E-state index contributed by atoms with van der Waals surface area (Å²) in [6.45, 7) is 4.44. The first-order valence-electron chi connectivity index (χ1n) is 12.3. The summed E-state index contributed by atoms with van der Waals surface area (Å²) < 4.78 is 15.6. The predicted molar refractivity (Wildman–Crippen MR) is 135 cm³/mol. The third-order valence-corrected chi connectivity index (χ3v) is 6.21. The molecule has 1 saturated heterocycles. The number of pyridine rings is 1. The second-order valence-electron chi connectivity index (χ2n) is 8.65. The molecular formula is C26H31N5O7. The molecule has 12 nitrogen and oxygen atoms in total. The summed E-state index contributed by atoms with van der Waals surface area (Å²) >= 11 is 0. The number of hydrogen-bond acceptors (Lipinski definition) is 9. The van der Waals surface area contributed by atoms with E-state index in [0.717, 1.165) is 0 Å². The Hall–Kier alpha value is -4.40. The second-order valence-corrected chi connectivity index (χ2v) is 8.65. The summed E-state index contributed by atoms with van der Waals surface area (Å²) in [6, 6.07) is 8.79. The van der Waals surface area contributed by atoms with Gasteiger partial charge in [0.15, 0.2) is 6.10 Å². The summed E-state index contributed by atoms with van der Waals surface area (Å²) in [5.74, 6) is -2.81. The van der Waals surface area contributed by atoms with Gasteiger partial charge in [0, 0.05) is 38.0 Å². The Bertz CT molecular complexity index is 1250. The van der Waals surface area contributed by atoms with Crippen LogP contribution in [0.3, 0.4) is 0 Å². The van der Waals surface area contributed by atoms with Crippen LogP contribution in [0.4, 0.5) is 4.79 Å². The van der Waals surface area contributed by atoms with Gasteiger partial charge in [-0.25, -0.2) is 4.79 Å². The number of aromatic nitrogens is 1. The summed E-state index contributed by atoms with van der Waals surface area (Å²) in [7, 11) is 1.24. The zero-order chi connectivity index (χ0) is 27.8. The first-order valence-corrected chi connectivity index (χ1v) is 12.3. The van der Waals surface area contributed by atoms with E-state index in [1.165, 1.54) is 18.9 Å². The number of para-hydroxylation sites is 1. The quantitative estimate of drug-likeness (QED) is 0.482. The van der Waals surface area contributed by atoms with Gasteiger partial charge in [-0.2, -0.15) is 5.26 Å². The fraction of sp³-hybridized carbons (Fsp3) is 0.462. The van der Waals surface area contributed by atoms with Gasteiger partial charge >= 0.3 is 12.1 Å². The molecule has 0 radical (unpaired) electrons. The lowest BCUT2D eigenvalue weighted by molar-refractivity contribution is -0.141. The van der Waals surface area contributed by atoms with E-state index in [1.807, 2.05) is 6.07 Å². The van der Waals surface area contributed by atoms with Crippen LogP contribution in [0.15, 0.2) is 24.3 Å². The highest BCUT2D eigenvalue weighted by Gasteiger charge is 2.35. The number of rotatable bonds is 9. The van der Waals surface area contributed by atoms with Gasteiger partial charge in [0.1, 0.15) is 17.4 Å². The molecule has 1 aromatic carbocycles. The number of nitriles is 1. The van der Waals surface area contributed by atoms with Gasteiger partial charge in [0.05, 0.1) is 30.8 Å². The van der Waals surface area contributed by atoms with Gasteiger partial charge in [-0.05, 0) is 32.4 Å². The molecule has 2 aromatic rings. The second kappa shape index (κ2) is 12.7. The number of primary amides is 1. The van der Waals surface area contributed by atoms with E-state index in [1.54, 1.807) is 36.1 Å². The Labute approximate surface area is 220 Å². The van der Waals surface area contributed by atoms with Gasteiger partial charge < -0.3 is 29.7 Å². The number of nitrogens with two attached hydrogens (primary N) is 1. The van der Waals surface area contributed by atoms with Crippen molar-refractivity contribution in [3.63, 3.8) is 0 Å². The maximum atomic E-state index is 13.9. The van der Waals surface area contributed by atoms with Crippen molar-refractivity contribution in [1.82, 2.24) is 14.8 Å². The average Bonchev–Trinajstić information content (AvgIpc) is 2.92. The molecule has 1 aliphatic rings. The van der Waals surface area contributed by atoms with E-state index in [4.69, 9.17) is 19.9 Å². The minimum atomic E-state index is -1.05. The Morgan fingerprint density at radius 3 is 2.39 bits per heavy atom. The molecule has 1 fully saturated rings. The molecule has 0 bridgehead atoms. The lowest BCUT2D eigenvalue weighted by Gasteiger charge is -2.36. The normalized spacial score (nSPS) is 14.8. The lowest BCUT2D eigenvalue weighted by atomic mass is 9.91. The number of benzene rings is 1. The number of piperazine rings is 1. The summed E-state index contributed by atoms with van der Waals surface area (Å²) in [5.41, 5.74) is 6.14. The number of hydrogen-bond donors (Lipinski definition) is 1. The number of carbonyl (C=O) groups excluding carboxylic acids is 4. The lowest BCUT2D eigenvalue weighted by Crippen LogP contribution is -2.52. The molecule has 3 amide bonds. The molecule has 1 aromatic heterocycles. The predicted octanol–water partition coefficient (Wildman–Crippen LogP) is 1.96. The Morgan fingerprint density at radius 1 is 1.13 bits per heavy atom. The first kappa shape index (κ1) is 28.2. The molecule has 0 aliphatic carbocycles. The molecule has 3 rings (SSSR count). The standard InChI is InChI=1S/C26H31N5O7/c1-4-37-26(35)31-13-11-30(12-14-31)25(34)18(9-10-20(32)36-3)22-21(24(28)33)23(38-16(2)15-27)17-7-5-6-8-19(17)29-22/h5-8,16,18H,4,9-14H2,1-3H3,(H2,28,33). The van der Waals surface area contributed by atoms with Gasteiger partial charge in [-0.1, -0.05) is 12.1 Å². The van der Waals surface area contributed by atoms with Gasteiger partial charge in [0.2, 0.25) is 5.91 Å². The van der Waals surface area contributed by atoms with Crippen LogP contribution in [-0.4, -0.2) is 84.7 Å². The third-order valence-electron chi connectivity index (χ3n) is 6.21. The number of carbonyl (C=O) groups is 4. The van der Waals surface area contributed by atoms with Crippen LogP contribution in [-0.2, 0) is 19.1 Å². The monoisotopic (exact) mass is 525 g/mol. The van der Waals surface area contributed by atoms with Crippen LogP contribution in [0.5, 0.6) is 5.75 Å². The van der Waals surface area contributed by atoms with Gasteiger partial charge in [0.25, 0.3) is 5.91 Å². The molecule has 2 atom stereocenters. The molecule has 2 N–H and O–H groups in total. The Kier molecular flexibility index (Phi) is 9.43. The third kappa shape index (κ3) is 6.29. The topological polar surface area (TPSA) is 165 Å². The Morgan fingerprint density at radius 2 is 1.79 bits per heavy atom. The van der Waals surface area contributed by atoms with Gasteiger partial charge in [-0.15, -0.1) is 0 Å². The number of esters is 1. The first-order chi connectivity index (χ1) is 18.2. The van der Waals surface area contributed by atoms with Crippen molar-refractivity contribution in [2.75, 3.05) is 39.9 Å². The smallest absolute Gasteiger partial charge is 0.409 e. The van der Waals surface area contributed by atoms with Crippen LogP contribution in [0.2, 0.25) is 0 Å². The van der Waals surface area contributed by atoms with Crippen molar-refractivity contribution >= 4 is 34.8 Å². The molecule has 12 heteroatoms. The molecule has 1 aliphatic heterocycles. The summed E-state index contributed by atoms with van der Waals surface area (Å²) in [6.07, 6.45) is -1.51. The van der Waals surface area contributed by atoms with Crippen LogP contribution < -0.4 is 10.5 Å².